The molecule has 1 aromatic carbocycles. The highest BCUT2D eigenvalue weighted by Gasteiger charge is 2.52. The number of carbonyl (C=O) groups is 1. The molecular formula is C10H8Cl2O2. The number of alkyl halides is 2. The fourth-order valence-corrected chi connectivity index (χ4v) is 1.99. The molecule has 0 amide bonds. The first-order valence-electron chi connectivity index (χ1n) is 4.22. The molecule has 14 heavy (non-hydrogen) atoms. The van der Waals surface area contributed by atoms with Crippen molar-refractivity contribution in [2.75, 3.05) is 0 Å². The van der Waals surface area contributed by atoms with Gasteiger partial charge in [0.05, 0.1) is 5.56 Å². The SMILES string of the molecule is O=C(O)c1ccc(C2CC2(Cl)Cl)cc1. The van der Waals surface area contributed by atoms with Gasteiger partial charge in [-0.2, -0.15) is 0 Å². The molecule has 1 aromatic rings. The van der Waals surface area contributed by atoms with Gasteiger partial charge in [-0.1, -0.05) is 12.1 Å². The fourth-order valence-electron chi connectivity index (χ4n) is 1.43. The van der Waals surface area contributed by atoms with Crippen LogP contribution < -0.4 is 0 Å². The Morgan fingerprint density at radius 2 is 1.86 bits per heavy atom. The number of hydrogen-bond acceptors (Lipinski definition) is 1. The zero-order valence-corrected chi connectivity index (χ0v) is 8.72. The van der Waals surface area contributed by atoms with E-state index in [2.05, 4.69) is 0 Å². The summed E-state index contributed by atoms with van der Waals surface area (Å²) in [6.07, 6.45) is 0.739. The Hall–Kier alpha value is -0.730. The van der Waals surface area contributed by atoms with Crippen LogP contribution in [0.15, 0.2) is 24.3 Å². The summed E-state index contributed by atoms with van der Waals surface area (Å²) in [4.78, 5) is 10.6. The molecule has 0 spiro atoms. The number of rotatable bonds is 2. The maximum absolute atomic E-state index is 10.6. The molecule has 1 unspecified atom stereocenters. The standard InChI is InChI=1S/C10H8Cl2O2/c11-10(12)5-8(10)6-1-3-7(4-2-6)9(13)14/h1-4,8H,5H2,(H,13,14). The summed E-state index contributed by atoms with van der Waals surface area (Å²) < 4.78 is -0.648. The summed E-state index contributed by atoms with van der Waals surface area (Å²) in [6, 6.07) is 6.67. The van der Waals surface area contributed by atoms with Crippen molar-refractivity contribution >= 4 is 29.2 Å². The molecule has 0 bridgehead atoms. The number of halogens is 2. The van der Waals surface area contributed by atoms with E-state index in [0.717, 1.165) is 12.0 Å². The van der Waals surface area contributed by atoms with Gasteiger partial charge in [0, 0.05) is 5.92 Å². The van der Waals surface area contributed by atoms with Crippen LogP contribution >= 0.6 is 23.2 Å². The molecule has 0 saturated heterocycles. The van der Waals surface area contributed by atoms with Gasteiger partial charge in [0.1, 0.15) is 4.33 Å². The van der Waals surface area contributed by atoms with E-state index in [-0.39, 0.29) is 11.5 Å². The van der Waals surface area contributed by atoms with Crippen molar-refractivity contribution in [2.45, 2.75) is 16.7 Å². The molecule has 2 rings (SSSR count). The van der Waals surface area contributed by atoms with Crippen LogP contribution in [0.3, 0.4) is 0 Å². The third kappa shape index (κ3) is 1.72. The molecule has 1 N–H and O–H groups in total. The van der Waals surface area contributed by atoms with Crippen LogP contribution in [0.5, 0.6) is 0 Å². The number of carboxylic acid groups (broad SMARTS) is 1. The van der Waals surface area contributed by atoms with Gasteiger partial charge in [0.15, 0.2) is 0 Å². The van der Waals surface area contributed by atoms with E-state index in [1.807, 2.05) is 0 Å². The van der Waals surface area contributed by atoms with Crippen molar-refractivity contribution in [1.82, 2.24) is 0 Å². The lowest BCUT2D eigenvalue weighted by atomic mass is 10.1. The molecule has 74 valence electrons. The van der Waals surface area contributed by atoms with Crippen molar-refractivity contribution in [2.24, 2.45) is 0 Å². The summed E-state index contributed by atoms with van der Waals surface area (Å²) in [6.45, 7) is 0. The highest BCUT2D eigenvalue weighted by Crippen LogP contribution is 2.59. The molecule has 0 heterocycles. The van der Waals surface area contributed by atoms with Crippen molar-refractivity contribution in [3.8, 4) is 0 Å². The van der Waals surface area contributed by atoms with E-state index >= 15 is 0 Å². The second kappa shape index (κ2) is 3.14. The Balaban J connectivity index is 2.20. The monoisotopic (exact) mass is 230 g/mol. The van der Waals surface area contributed by atoms with Crippen LogP contribution in [-0.2, 0) is 0 Å². The molecule has 0 aliphatic heterocycles. The third-order valence-electron chi connectivity index (χ3n) is 2.39. The summed E-state index contributed by atoms with van der Waals surface area (Å²) in [5, 5.41) is 8.68. The normalized spacial score (nSPS) is 23.1. The Morgan fingerprint density at radius 1 is 1.36 bits per heavy atom. The van der Waals surface area contributed by atoms with Crippen LogP contribution in [0.25, 0.3) is 0 Å². The van der Waals surface area contributed by atoms with Crippen molar-refractivity contribution < 1.29 is 9.90 Å². The summed E-state index contributed by atoms with van der Waals surface area (Å²) in [5.41, 5.74) is 1.28. The lowest BCUT2D eigenvalue weighted by molar-refractivity contribution is 0.0697. The molecule has 1 fully saturated rings. The fraction of sp³-hybridized carbons (Fsp3) is 0.300. The minimum absolute atomic E-state index is 0.147. The van der Waals surface area contributed by atoms with E-state index in [9.17, 15) is 4.79 Å². The molecule has 0 radical (unpaired) electrons. The van der Waals surface area contributed by atoms with E-state index in [1.54, 1.807) is 24.3 Å². The minimum atomic E-state index is -0.921. The molecule has 4 heteroatoms. The van der Waals surface area contributed by atoms with Crippen LogP contribution in [0.1, 0.15) is 28.3 Å². The van der Waals surface area contributed by atoms with Gasteiger partial charge < -0.3 is 5.11 Å². The molecule has 1 aliphatic rings. The zero-order valence-electron chi connectivity index (χ0n) is 7.21. The number of hydrogen-bond donors (Lipinski definition) is 1. The summed E-state index contributed by atoms with van der Waals surface area (Å²) >= 11 is 11.8. The Kier molecular flexibility index (Phi) is 2.20. The molecule has 2 nitrogen and oxygen atoms in total. The van der Waals surface area contributed by atoms with Crippen LogP contribution in [0.4, 0.5) is 0 Å². The van der Waals surface area contributed by atoms with Gasteiger partial charge in [-0.25, -0.2) is 4.79 Å². The van der Waals surface area contributed by atoms with Crippen molar-refractivity contribution in [1.29, 1.82) is 0 Å². The molecule has 1 atom stereocenters. The highest BCUT2D eigenvalue weighted by atomic mass is 35.5. The number of carboxylic acids is 1. The van der Waals surface area contributed by atoms with Crippen LogP contribution in [-0.4, -0.2) is 15.4 Å². The minimum Gasteiger partial charge on any atom is -0.478 e. The van der Waals surface area contributed by atoms with Gasteiger partial charge >= 0.3 is 5.97 Å². The first-order valence-corrected chi connectivity index (χ1v) is 4.97. The summed E-state index contributed by atoms with van der Waals surface area (Å²) in [5.74, 6) is -0.774. The van der Waals surface area contributed by atoms with Gasteiger partial charge in [-0.3, -0.25) is 0 Å². The third-order valence-corrected chi connectivity index (χ3v) is 3.22. The number of benzene rings is 1. The topological polar surface area (TPSA) is 37.3 Å². The first kappa shape index (κ1) is 9.81. The van der Waals surface area contributed by atoms with E-state index in [1.165, 1.54) is 0 Å². The van der Waals surface area contributed by atoms with Crippen molar-refractivity contribution in [3.63, 3.8) is 0 Å². The van der Waals surface area contributed by atoms with Gasteiger partial charge in [-0.05, 0) is 24.1 Å². The first-order chi connectivity index (χ1) is 6.50. The second-order valence-corrected chi connectivity index (χ2v) is 4.99. The van der Waals surface area contributed by atoms with Crippen LogP contribution in [0, 0.1) is 0 Å². The lowest BCUT2D eigenvalue weighted by Crippen LogP contribution is -1.96. The maximum atomic E-state index is 10.6. The Labute approximate surface area is 91.4 Å². The molecule has 0 aromatic heterocycles. The Morgan fingerprint density at radius 3 is 2.21 bits per heavy atom. The predicted molar refractivity (Wildman–Crippen MR) is 55.2 cm³/mol. The van der Waals surface area contributed by atoms with E-state index in [4.69, 9.17) is 28.3 Å². The smallest absolute Gasteiger partial charge is 0.335 e. The highest BCUT2D eigenvalue weighted by molar-refractivity contribution is 6.51. The second-order valence-electron chi connectivity index (χ2n) is 3.44. The van der Waals surface area contributed by atoms with E-state index < -0.39 is 10.3 Å². The summed E-state index contributed by atoms with van der Waals surface area (Å²) in [7, 11) is 0. The lowest BCUT2D eigenvalue weighted by Gasteiger charge is -2.01. The molecule has 1 aliphatic carbocycles. The van der Waals surface area contributed by atoms with Crippen LogP contribution in [0.2, 0.25) is 0 Å². The molecule has 1 saturated carbocycles. The quantitative estimate of drug-likeness (QED) is 0.794. The maximum Gasteiger partial charge on any atom is 0.335 e. The van der Waals surface area contributed by atoms with E-state index in [0.29, 0.717) is 0 Å². The average molecular weight is 231 g/mol. The van der Waals surface area contributed by atoms with Gasteiger partial charge in [-0.15, -0.1) is 23.2 Å². The Bertz CT molecular complexity index is 370. The largest absolute Gasteiger partial charge is 0.478 e. The predicted octanol–water partition coefficient (Wildman–Crippen LogP) is 3.05. The van der Waals surface area contributed by atoms with Gasteiger partial charge in [0.2, 0.25) is 0 Å². The number of aromatic carboxylic acids is 1. The van der Waals surface area contributed by atoms with Crippen molar-refractivity contribution in [3.05, 3.63) is 35.4 Å². The molecular weight excluding hydrogens is 223 g/mol. The average Bonchev–Trinajstić information content (AvgIpc) is 2.75. The zero-order chi connectivity index (χ0) is 10.3. The van der Waals surface area contributed by atoms with Gasteiger partial charge in [0.25, 0.3) is 0 Å².